The maximum Gasteiger partial charge on any atom is 0.417 e. The van der Waals surface area contributed by atoms with E-state index in [-0.39, 0.29) is 17.6 Å². The van der Waals surface area contributed by atoms with Gasteiger partial charge in [-0.15, -0.1) is 0 Å². The monoisotopic (exact) mass is 455 g/mol. The number of aromatic nitrogens is 2. The molecule has 1 aromatic carbocycles. The Kier molecular flexibility index (Phi) is 6.93. The van der Waals surface area contributed by atoms with E-state index in [9.17, 15) is 18.0 Å². The average molecular weight is 456 g/mol. The molecule has 1 heterocycles. The lowest BCUT2D eigenvalue weighted by atomic mass is 9.91. The Hall–Kier alpha value is -2.55. The van der Waals surface area contributed by atoms with Gasteiger partial charge in [0.25, 0.3) is 5.91 Å². The first kappa shape index (κ1) is 23.1. The molecule has 1 fully saturated rings. The quantitative estimate of drug-likeness (QED) is 0.685. The number of hydrogen-bond acceptors (Lipinski definition) is 5. The third kappa shape index (κ3) is 6.00. The van der Waals surface area contributed by atoms with Gasteiger partial charge >= 0.3 is 6.18 Å². The highest BCUT2D eigenvalue weighted by molar-refractivity contribution is 6.31. The Morgan fingerprint density at radius 1 is 1.10 bits per heavy atom. The molecular weight excluding hydrogens is 431 g/mol. The number of aryl methyl sites for hydroxylation is 1. The fourth-order valence-corrected chi connectivity index (χ4v) is 3.79. The van der Waals surface area contributed by atoms with Crippen LogP contribution in [0.4, 0.5) is 24.9 Å². The van der Waals surface area contributed by atoms with Crippen molar-refractivity contribution in [1.82, 2.24) is 15.3 Å². The second-order valence-electron chi connectivity index (χ2n) is 7.94. The van der Waals surface area contributed by atoms with Gasteiger partial charge in [-0.3, -0.25) is 4.79 Å². The molecule has 1 aliphatic carbocycles. The predicted molar refractivity (Wildman–Crippen MR) is 115 cm³/mol. The Morgan fingerprint density at radius 3 is 2.35 bits per heavy atom. The molecule has 2 N–H and O–H groups in total. The molecule has 0 saturated heterocycles. The number of amides is 1. The third-order valence-corrected chi connectivity index (χ3v) is 5.56. The molecule has 2 aromatic rings. The molecule has 0 atom stereocenters. The Bertz CT molecular complexity index is 943. The molecule has 31 heavy (non-hydrogen) atoms. The molecule has 3 rings (SSSR count). The van der Waals surface area contributed by atoms with E-state index in [1.807, 2.05) is 32.0 Å². The van der Waals surface area contributed by atoms with Crippen LogP contribution in [-0.4, -0.2) is 42.1 Å². The lowest BCUT2D eigenvalue weighted by Gasteiger charge is -2.30. The number of hydrogen-bond donors (Lipinski definition) is 2. The molecular formula is C21H25ClF3N5O. The van der Waals surface area contributed by atoms with Gasteiger partial charge in [0, 0.05) is 43.5 Å². The fourth-order valence-electron chi connectivity index (χ4n) is 3.56. The van der Waals surface area contributed by atoms with Gasteiger partial charge < -0.3 is 15.5 Å². The minimum absolute atomic E-state index is 0.0543. The number of rotatable bonds is 5. The molecule has 1 amide bonds. The van der Waals surface area contributed by atoms with Crippen LogP contribution >= 0.6 is 11.6 Å². The van der Waals surface area contributed by atoms with Gasteiger partial charge in [0.05, 0.1) is 10.6 Å². The van der Waals surface area contributed by atoms with E-state index in [0.29, 0.717) is 18.8 Å². The largest absolute Gasteiger partial charge is 0.417 e. The Balaban J connectivity index is 1.57. The first-order valence-electron chi connectivity index (χ1n) is 10.00. The molecule has 1 aromatic heterocycles. The lowest BCUT2D eigenvalue weighted by molar-refractivity contribution is -0.137. The molecule has 6 nitrogen and oxygen atoms in total. The van der Waals surface area contributed by atoms with Crippen LogP contribution < -0.4 is 15.5 Å². The van der Waals surface area contributed by atoms with E-state index in [4.69, 9.17) is 11.6 Å². The van der Waals surface area contributed by atoms with Crippen LogP contribution in [0.2, 0.25) is 5.02 Å². The van der Waals surface area contributed by atoms with Gasteiger partial charge in [-0.25, -0.2) is 4.98 Å². The molecule has 0 spiro atoms. The van der Waals surface area contributed by atoms with Crippen molar-refractivity contribution in [3.63, 3.8) is 0 Å². The summed E-state index contributed by atoms with van der Waals surface area (Å²) in [5.74, 6) is 0.852. The van der Waals surface area contributed by atoms with Crippen LogP contribution in [-0.2, 0) is 6.18 Å². The van der Waals surface area contributed by atoms with Crippen molar-refractivity contribution in [3.05, 3.63) is 46.1 Å². The van der Waals surface area contributed by atoms with Crippen molar-refractivity contribution >= 4 is 29.3 Å². The molecule has 0 radical (unpaired) electrons. The summed E-state index contributed by atoms with van der Waals surface area (Å²) in [6, 6.07) is 5.16. The SMILES string of the molecule is Cc1cc(N(C)C)nc(N[C@H]2CC[C@@H](NC(=O)c3ccc(Cl)c(C(F)(F)F)c3)CC2)n1. The Morgan fingerprint density at radius 2 is 1.74 bits per heavy atom. The number of benzene rings is 1. The van der Waals surface area contributed by atoms with Gasteiger partial charge in [-0.2, -0.15) is 18.2 Å². The number of alkyl halides is 3. The first-order valence-corrected chi connectivity index (χ1v) is 10.4. The van der Waals surface area contributed by atoms with Crippen molar-refractivity contribution in [2.24, 2.45) is 0 Å². The minimum atomic E-state index is -4.61. The summed E-state index contributed by atoms with van der Waals surface area (Å²) in [7, 11) is 3.83. The molecule has 0 aliphatic heterocycles. The smallest absolute Gasteiger partial charge is 0.363 e. The van der Waals surface area contributed by atoms with E-state index < -0.39 is 22.7 Å². The van der Waals surface area contributed by atoms with E-state index >= 15 is 0 Å². The average Bonchev–Trinajstić information content (AvgIpc) is 2.68. The maximum absolute atomic E-state index is 13.0. The highest BCUT2D eigenvalue weighted by atomic mass is 35.5. The van der Waals surface area contributed by atoms with Gasteiger partial charge in [-0.1, -0.05) is 11.6 Å². The predicted octanol–water partition coefficient (Wildman–Crippen LogP) is 4.68. The summed E-state index contributed by atoms with van der Waals surface area (Å²) in [6.07, 6.45) is -1.63. The van der Waals surface area contributed by atoms with Crippen LogP contribution in [0.5, 0.6) is 0 Å². The van der Waals surface area contributed by atoms with Crippen LogP contribution in [0.3, 0.4) is 0 Å². The molecule has 168 valence electrons. The second-order valence-corrected chi connectivity index (χ2v) is 8.35. The van der Waals surface area contributed by atoms with Gasteiger partial charge in [0.1, 0.15) is 5.82 Å². The van der Waals surface area contributed by atoms with E-state index in [0.717, 1.165) is 36.5 Å². The standard InChI is InChI=1S/C21H25ClF3N5O/c1-12-10-18(30(2)3)29-20(26-12)28-15-7-5-14(6-8-15)27-19(31)13-4-9-17(22)16(11-13)21(23,24)25/h4,9-11,14-15H,5-8H2,1-3H3,(H,27,31)(H,26,28,29)/t14-,15+. The highest BCUT2D eigenvalue weighted by Gasteiger charge is 2.34. The van der Waals surface area contributed by atoms with Crippen LogP contribution in [0.25, 0.3) is 0 Å². The van der Waals surface area contributed by atoms with E-state index in [1.165, 1.54) is 6.07 Å². The highest BCUT2D eigenvalue weighted by Crippen LogP contribution is 2.35. The van der Waals surface area contributed by atoms with E-state index in [2.05, 4.69) is 20.6 Å². The second kappa shape index (κ2) is 9.30. The number of anilines is 2. The fraction of sp³-hybridized carbons (Fsp3) is 0.476. The number of nitrogens with zero attached hydrogens (tertiary/aromatic N) is 3. The van der Waals surface area contributed by atoms with Crippen molar-refractivity contribution in [2.75, 3.05) is 24.3 Å². The topological polar surface area (TPSA) is 70.2 Å². The zero-order chi connectivity index (χ0) is 22.8. The van der Waals surface area contributed by atoms with E-state index in [1.54, 1.807) is 0 Å². The number of nitrogens with one attached hydrogen (secondary N) is 2. The summed E-state index contributed by atoms with van der Waals surface area (Å²) in [6.45, 7) is 1.91. The summed E-state index contributed by atoms with van der Waals surface area (Å²) in [5, 5.41) is 5.76. The maximum atomic E-state index is 13.0. The summed E-state index contributed by atoms with van der Waals surface area (Å²) in [4.78, 5) is 23.3. The van der Waals surface area contributed by atoms with Crippen molar-refractivity contribution in [3.8, 4) is 0 Å². The molecule has 0 unspecified atom stereocenters. The van der Waals surface area contributed by atoms with Crippen molar-refractivity contribution in [1.29, 1.82) is 0 Å². The van der Waals surface area contributed by atoms with Crippen molar-refractivity contribution < 1.29 is 18.0 Å². The zero-order valence-corrected chi connectivity index (χ0v) is 18.3. The molecule has 1 aliphatic rings. The molecule has 10 heteroatoms. The summed E-state index contributed by atoms with van der Waals surface area (Å²) >= 11 is 5.63. The number of halogens is 4. The van der Waals surface area contributed by atoms with Crippen LogP contribution in [0.15, 0.2) is 24.3 Å². The Labute approximate surface area is 184 Å². The van der Waals surface area contributed by atoms with Gasteiger partial charge in [0.2, 0.25) is 5.95 Å². The normalized spacial score (nSPS) is 19.1. The lowest BCUT2D eigenvalue weighted by Crippen LogP contribution is -2.40. The van der Waals surface area contributed by atoms with Gasteiger partial charge in [-0.05, 0) is 50.8 Å². The number of carbonyl (C=O) groups excluding carboxylic acids is 1. The number of carbonyl (C=O) groups is 1. The van der Waals surface area contributed by atoms with Crippen molar-refractivity contribution in [2.45, 2.75) is 50.9 Å². The third-order valence-electron chi connectivity index (χ3n) is 5.23. The summed E-state index contributed by atoms with van der Waals surface area (Å²) in [5.41, 5.74) is -0.199. The molecule has 1 saturated carbocycles. The summed E-state index contributed by atoms with van der Waals surface area (Å²) < 4.78 is 39.1. The van der Waals surface area contributed by atoms with Crippen LogP contribution in [0, 0.1) is 6.92 Å². The first-order chi connectivity index (χ1) is 14.5. The van der Waals surface area contributed by atoms with Gasteiger partial charge in [0.15, 0.2) is 0 Å². The zero-order valence-electron chi connectivity index (χ0n) is 17.6. The molecule has 0 bridgehead atoms. The van der Waals surface area contributed by atoms with Crippen LogP contribution in [0.1, 0.15) is 47.3 Å². The minimum Gasteiger partial charge on any atom is -0.363 e.